The largest absolute Gasteiger partial charge is 0.463 e. The van der Waals surface area contributed by atoms with E-state index in [-0.39, 0.29) is 5.76 Å². The van der Waals surface area contributed by atoms with Gasteiger partial charge in [0.05, 0.1) is 6.04 Å². The van der Waals surface area contributed by atoms with Crippen LogP contribution in [0.5, 0.6) is 0 Å². The zero-order valence-corrected chi connectivity index (χ0v) is 15.8. The fourth-order valence-corrected chi connectivity index (χ4v) is 2.95. The molecule has 0 aliphatic heterocycles. The number of hydrogen-bond acceptors (Lipinski definition) is 4. The molecule has 9 heteroatoms. The molecule has 3 rings (SSSR count). The van der Waals surface area contributed by atoms with E-state index >= 15 is 0 Å². The SMILES string of the molecule is Cc1ccc([C@](O)(CCNC(=O)N[C@@H](C)c2cc3ccccc3o2)C(F)(F)F)o1. The molecule has 156 valence electrons. The number of rotatable bonds is 6. The second kappa shape index (κ2) is 7.82. The highest BCUT2D eigenvalue weighted by Gasteiger charge is 2.56. The summed E-state index contributed by atoms with van der Waals surface area (Å²) in [7, 11) is 0. The van der Waals surface area contributed by atoms with Gasteiger partial charge in [-0.05, 0) is 38.1 Å². The third-order valence-corrected chi connectivity index (χ3v) is 4.61. The molecule has 0 fully saturated rings. The topological polar surface area (TPSA) is 87.6 Å². The second-order valence-corrected chi connectivity index (χ2v) is 6.83. The summed E-state index contributed by atoms with van der Waals surface area (Å²) >= 11 is 0. The van der Waals surface area contributed by atoms with Gasteiger partial charge >= 0.3 is 12.2 Å². The third kappa shape index (κ3) is 4.40. The summed E-state index contributed by atoms with van der Waals surface area (Å²) in [6.45, 7) is 2.74. The highest BCUT2D eigenvalue weighted by molar-refractivity contribution is 5.78. The molecule has 0 aliphatic carbocycles. The molecule has 3 aromatic rings. The monoisotopic (exact) mass is 410 g/mol. The van der Waals surface area contributed by atoms with Crippen LogP contribution in [0.4, 0.5) is 18.0 Å². The number of para-hydroxylation sites is 1. The number of aryl methyl sites for hydroxylation is 1. The number of urea groups is 1. The summed E-state index contributed by atoms with van der Waals surface area (Å²) in [6.07, 6.45) is -5.76. The van der Waals surface area contributed by atoms with Crippen molar-refractivity contribution in [1.29, 1.82) is 0 Å². The first kappa shape index (κ1) is 20.8. The smallest absolute Gasteiger partial charge is 0.424 e. The first-order valence-electron chi connectivity index (χ1n) is 8.99. The van der Waals surface area contributed by atoms with Crippen molar-refractivity contribution < 1.29 is 31.9 Å². The van der Waals surface area contributed by atoms with E-state index in [9.17, 15) is 23.1 Å². The molecule has 29 heavy (non-hydrogen) atoms. The Morgan fingerprint density at radius 1 is 1.17 bits per heavy atom. The van der Waals surface area contributed by atoms with Crippen LogP contribution in [-0.4, -0.2) is 23.9 Å². The Morgan fingerprint density at radius 3 is 2.52 bits per heavy atom. The number of halogens is 3. The van der Waals surface area contributed by atoms with Gasteiger partial charge in [-0.1, -0.05) is 18.2 Å². The zero-order chi connectivity index (χ0) is 21.2. The summed E-state index contributed by atoms with van der Waals surface area (Å²) in [5.41, 5.74) is -2.53. The molecule has 0 unspecified atom stereocenters. The molecule has 1 aromatic carbocycles. The Morgan fingerprint density at radius 2 is 1.90 bits per heavy atom. The second-order valence-electron chi connectivity index (χ2n) is 6.83. The maximum atomic E-state index is 13.4. The van der Waals surface area contributed by atoms with Crippen molar-refractivity contribution in [3.63, 3.8) is 0 Å². The van der Waals surface area contributed by atoms with Gasteiger partial charge in [-0.25, -0.2) is 4.79 Å². The fraction of sp³-hybridized carbons (Fsp3) is 0.350. The number of hydrogen-bond donors (Lipinski definition) is 3. The number of benzene rings is 1. The lowest BCUT2D eigenvalue weighted by Crippen LogP contribution is -2.46. The highest BCUT2D eigenvalue weighted by atomic mass is 19.4. The van der Waals surface area contributed by atoms with Crippen LogP contribution < -0.4 is 10.6 Å². The van der Waals surface area contributed by atoms with E-state index in [2.05, 4.69) is 10.6 Å². The Balaban J connectivity index is 1.59. The number of carbonyl (C=O) groups is 1. The predicted octanol–water partition coefficient (Wildman–Crippen LogP) is 4.53. The lowest BCUT2D eigenvalue weighted by molar-refractivity contribution is -0.274. The predicted molar refractivity (Wildman–Crippen MR) is 99.2 cm³/mol. The summed E-state index contributed by atoms with van der Waals surface area (Å²) in [4.78, 5) is 12.1. The van der Waals surface area contributed by atoms with Crippen LogP contribution in [0.1, 0.15) is 36.7 Å². The minimum atomic E-state index is -4.96. The average molecular weight is 410 g/mol. The number of alkyl halides is 3. The Bertz CT molecular complexity index is 962. The van der Waals surface area contributed by atoms with Crippen LogP contribution in [0.15, 0.2) is 51.3 Å². The highest BCUT2D eigenvalue weighted by Crippen LogP contribution is 2.42. The third-order valence-electron chi connectivity index (χ3n) is 4.61. The van der Waals surface area contributed by atoms with E-state index in [1.807, 2.05) is 18.2 Å². The standard InChI is InChI=1S/C20H21F3N2O4/c1-12-7-8-17(28-12)19(27,20(21,22)23)9-10-24-18(26)25-13(2)16-11-14-5-3-4-6-15(14)29-16/h3-8,11,13,27H,9-10H2,1-2H3,(H2,24,25,26)/t13-,19+/m0/s1. The van der Waals surface area contributed by atoms with Crippen molar-refractivity contribution in [3.8, 4) is 0 Å². The minimum absolute atomic E-state index is 0.244. The van der Waals surface area contributed by atoms with Gasteiger partial charge in [0.25, 0.3) is 0 Å². The first-order valence-corrected chi connectivity index (χ1v) is 8.99. The van der Waals surface area contributed by atoms with Gasteiger partial charge < -0.3 is 24.6 Å². The van der Waals surface area contributed by atoms with E-state index in [0.717, 1.165) is 11.5 Å². The van der Waals surface area contributed by atoms with Crippen molar-refractivity contribution in [1.82, 2.24) is 10.6 Å². The van der Waals surface area contributed by atoms with Crippen LogP contribution in [0.3, 0.4) is 0 Å². The molecule has 3 N–H and O–H groups in total. The van der Waals surface area contributed by atoms with Crippen LogP contribution >= 0.6 is 0 Å². The van der Waals surface area contributed by atoms with Gasteiger partial charge in [0, 0.05) is 18.4 Å². The molecule has 2 heterocycles. The number of carbonyl (C=O) groups excluding carboxylic acids is 1. The van der Waals surface area contributed by atoms with Crippen molar-refractivity contribution in [2.45, 2.75) is 38.1 Å². The molecule has 0 bridgehead atoms. The van der Waals surface area contributed by atoms with Crippen molar-refractivity contribution in [2.24, 2.45) is 0 Å². The van der Waals surface area contributed by atoms with Gasteiger partial charge in [0.15, 0.2) is 0 Å². The van der Waals surface area contributed by atoms with Crippen LogP contribution in [0, 0.1) is 6.92 Å². The summed E-state index contributed by atoms with van der Waals surface area (Å²) in [5.74, 6) is 0.146. The number of aliphatic hydroxyl groups is 1. The normalized spacial score (nSPS) is 15.1. The van der Waals surface area contributed by atoms with Gasteiger partial charge in [0.1, 0.15) is 22.9 Å². The van der Waals surface area contributed by atoms with E-state index in [0.29, 0.717) is 11.3 Å². The Hall–Kier alpha value is -2.94. The van der Waals surface area contributed by atoms with E-state index < -0.39 is 42.6 Å². The fourth-order valence-electron chi connectivity index (χ4n) is 2.95. The number of fused-ring (bicyclic) bond motifs is 1. The van der Waals surface area contributed by atoms with Crippen LogP contribution in [0.2, 0.25) is 0 Å². The van der Waals surface area contributed by atoms with Crippen molar-refractivity contribution in [3.05, 3.63) is 59.7 Å². The maximum absolute atomic E-state index is 13.4. The number of amides is 2. The van der Waals surface area contributed by atoms with Gasteiger partial charge in [0.2, 0.25) is 5.60 Å². The van der Waals surface area contributed by atoms with E-state index in [1.54, 1.807) is 19.1 Å². The molecule has 0 aliphatic rings. The Labute approximate surface area is 164 Å². The summed E-state index contributed by atoms with van der Waals surface area (Å²) in [6, 6.07) is 10.3. The molecule has 0 saturated carbocycles. The molecular formula is C20H21F3N2O4. The molecule has 0 saturated heterocycles. The van der Waals surface area contributed by atoms with Crippen LogP contribution in [0.25, 0.3) is 11.0 Å². The molecule has 2 atom stereocenters. The molecule has 0 radical (unpaired) electrons. The van der Waals surface area contributed by atoms with E-state index in [4.69, 9.17) is 8.83 Å². The lowest BCUT2D eigenvalue weighted by atomic mass is 9.96. The summed E-state index contributed by atoms with van der Waals surface area (Å²) in [5, 5.41) is 16.0. The molecule has 2 amide bonds. The van der Waals surface area contributed by atoms with Crippen molar-refractivity contribution in [2.75, 3.05) is 6.54 Å². The van der Waals surface area contributed by atoms with Crippen molar-refractivity contribution >= 4 is 17.0 Å². The number of nitrogens with one attached hydrogen (secondary N) is 2. The first-order chi connectivity index (χ1) is 13.6. The van der Waals surface area contributed by atoms with Gasteiger partial charge in [-0.3, -0.25) is 0 Å². The average Bonchev–Trinajstić information content (AvgIpc) is 3.26. The van der Waals surface area contributed by atoms with Gasteiger partial charge in [-0.15, -0.1) is 0 Å². The van der Waals surface area contributed by atoms with Gasteiger partial charge in [-0.2, -0.15) is 13.2 Å². The molecular weight excluding hydrogens is 389 g/mol. The van der Waals surface area contributed by atoms with E-state index in [1.165, 1.54) is 13.0 Å². The maximum Gasteiger partial charge on any atom is 0.424 e. The molecule has 0 spiro atoms. The molecule has 2 aromatic heterocycles. The molecule has 6 nitrogen and oxygen atoms in total. The van der Waals surface area contributed by atoms with Crippen LogP contribution in [-0.2, 0) is 5.60 Å². The minimum Gasteiger partial charge on any atom is -0.463 e. The zero-order valence-electron chi connectivity index (χ0n) is 15.8. The Kier molecular flexibility index (Phi) is 5.61. The summed E-state index contributed by atoms with van der Waals surface area (Å²) < 4.78 is 50.8. The lowest BCUT2D eigenvalue weighted by Gasteiger charge is -2.28. The quantitative estimate of drug-likeness (QED) is 0.557. The number of furan rings is 2.